The van der Waals surface area contributed by atoms with Crippen molar-refractivity contribution < 1.29 is 0 Å². The number of amidine groups is 1. The summed E-state index contributed by atoms with van der Waals surface area (Å²) in [6, 6.07) is 15.6. The van der Waals surface area contributed by atoms with Crippen LogP contribution in [0.25, 0.3) is 0 Å². The zero-order valence-electron chi connectivity index (χ0n) is 11.2. The van der Waals surface area contributed by atoms with Gasteiger partial charge in [-0.25, -0.2) is 5.84 Å². The van der Waals surface area contributed by atoms with Crippen molar-refractivity contribution in [3.63, 3.8) is 0 Å². The van der Waals surface area contributed by atoms with Gasteiger partial charge in [-0.2, -0.15) is 5.10 Å². The molecular weight excluding hydrogens is 248 g/mol. The van der Waals surface area contributed by atoms with Gasteiger partial charge in [-0.1, -0.05) is 42.2 Å². The Morgan fingerprint density at radius 1 is 1.10 bits per heavy atom. The van der Waals surface area contributed by atoms with Crippen molar-refractivity contribution in [2.24, 2.45) is 16.8 Å². The van der Waals surface area contributed by atoms with E-state index in [9.17, 15) is 0 Å². The van der Waals surface area contributed by atoms with Gasteiger partial charge < -0.3 is 11.3 Å². The fraction of sp³-hybridized carbons (Fsp3) is 0.0625. The summed E-state index contributed by atoms with van der Waals surface area (Å²) in [5.41, 5.74) is 6.30. The molecule has 0 fully saturated rings. The van der Waals surface area contributed by atoms with E-state index in [-0.39, 0.29) is 0 Å². The van der Waals surface area contributed by atoms with Crippen LogP contribution in [0.15, 0.2) is 53.6 Å². The highest BCUT2D eigenvalue weighted by Gasteiger charge is 2.01. The first-order valence-electron chi connectivity index (χ1n) is 6.17. The standard InChI is InChI=1S/C16H16N4/c1-12-5-2-3-7-14(12)10-9-13-6-4-8-15(11-13)16(19-17)20-18/h2-8,11H,17-18H2,1H3,(H,19,20). The SMILES string of the molecule is Cc1ccccc1C#Cc1cccc(/C(=N/N)NN)c1. The third kappa shape index (κ3) is 3.16. The lowest BCUT2D eigenvalue weighted by atomic mass is 10.1. The minimum Gasteiger partial charge on any atom is -0.321 e. The molecule has 0 atom stereocenters. The summed E-state index contributed by atoms with van der Waals surface area (Å²) >= 11 is 0. The van der Waals surface area contributed by atoms with Crippen molar-refractivity contribution in [1.82, 2.24) is 5.43 Å². The number of aryl methyl sites for hydroxylation is 1. The second kappa shape index (κ2) is 6.41. The molecule has 0 bridgehead atoms. The summed E-state index contributed by atoms with van der Waals surface area (Å²) in [6.07, 6.45) is 0. The van der Waals surface area contributed by atoms with Crippen LogP contribution in [-0.4, -0.2) is 5.84 Å². The summed E-state index contributed by atoms with van der Waals surface area (Å²) in [6.45, 7) is 2.04. The molecule has 0 aliphatic heterocycles. The highest BCUT2D eigenvalue weighted by atomic mass is 15.3. The van der Waals surface area contributed by atoms with Crippen molar-refractivity contribution in [3.05, 3.63) is 70.8 Å². The van der Waals surface area contributed by atoms with E-state index in [4.69, 9.17) is 11.7 Å². The van der Waals surface area contributed by atoms with Crippen LogP contribution in [0.1, 0.15) is 22.3 Å². The second-order valence-electron chi connectivity index (χ2n) is 4.27. The van der Waals surface area contributed by atoms with Gasteiger partial charge >= 0.3 is 0 Å². The number of benzene rings is 2. The van der Waals surface area contributed by atoms with Crippen LogP contribution in [0.2, 0.25) is 0 Å². The monoisotopic (exact) mass is 264 g/mol. The number of hydrazone groups is 1. The molecule has 4 nitrogen and oxygen atoms in total. The molecule has 100 valence electrons. The van der Waals surface area contributed by atoms with E-state index >= 15 is 0 Å². The Bertz CT molecular complexity index is 693. The van der Waals surface area contributed by atoms with Gasteiger partial charge in [-0.05, 0) is 30.7 Å². The van der Waals surface area contributed by atoms with Crippen molar-refractivity contribution in [2.45, 2.75) is 6.92 Å². The third-order valence-electron chi connectivity index (χ3n) is 2.89. The summed E-state index contributed by atoms with van der Waals surface area (Å²) in [4.78, 5) is 0. The van der Waals surface area contributed by atoms with Crippen molar-refractivity contribution >= 4 is 5.84 Å². The van der Waals surface area contributed by atoms with Crippen molar-refractivity contribution in [3.8, 4) is 11.8 Å². The maximum Gasteiger partial charge on any atom is 0.166 e. The zero-order valence-corrected chi connectivity index (χ0v) is 11.2. The van der Waals surface area contributed by atoms with Crippen LogP contribution < -0.4 is 17.1 Å². The molecule has 4 heteroatoms. The van der Waals surface area contributed by atoms with E-state index in [1.807, 2.05) is 55.5 Å². The van der Waals surface area contributed by atoms with Gasteiger partial charge in [0.1, 0.15) is 0 Å². The minimum absolute atomic E-state index is 0.421. The molecule has 0 aliphatic carbocycles. The molecular formula is C16H16N4. The van der Waals surface area contributed by atoms with Gasteiger partial charge in [0.25, 0.3) is 0 Å². The third-order valence-corrected chi connectivity index (χ3v) is 2.89. The fourth-order valence-corrected chi connectivity index (χ4v) is 1.79. The molecule has 0 spiro atoms. The van der Waals surface area contributed by atoms with Gasteiger partial charge in [0.2, 0.25) is 0 Å². The predicted octanol–water partition coefficient (Wildman–Crippen LogP) is 1.48. The summed E-state index contributed by atoms with van der Waals surface area (Å²) in [5, 5.41) is 3.58. The second-order valence-corrected chi connectivity index (χ2v) is 4.27. The lowest BCUT2D eigenvalue weighted by Gasteiger charge is -2.03. The van der Waals surface area contributed by atoms with Gasteiger partial charge in [0, 0.05) is 16.7 Å². The first-order chi connectivity index (χ1) is 9.74. The number of hydrazine groups is 1. The summed E-state index contributed by atoms with van der Waals surface area (Å²) in [5.74, 6) is 17.3. The highest BCUT2D eigenvalue weighted by molar-refractivity contribution is 5.98. The molecule has 0 unspecified atom stereocenters. The zero-order chi connectivity index (χ0) is 14.4. The van der Waals surface area contributed by atoms with Gasteiger partial charge in [-0.15, -0.1) is 0 Å². The average Bonchev–Trinajstić information content (AvgIpc) is 2.48. The van der Waals surface area contributed by atoms with Crippen molar-refractivity contribution in [1.29, 1.82) is 0 Å². The minimum atomic E-state index is 0.421. The Morgan fingerprint density at radius 3 is 2.60 bits per heavy atom. The van der Waals surface area contributed by atoms with Crippen LogP contribution in [0.4, 0.5) is 0 Å². The number of nitrogens with two attached hydrogens (primary N) is 2. The lowest BCUT2D eigenvalue weighted by Crippen LogP contribution is -2.32. The topological polar surface area (TPSA) is 76.4 Å². The van der Waals surface area contributed by atoms with Crippen LogP contribution >= 0.6 is 0 Å². The summed E-state index contributed by atoms with van der Waals surface area (Å²) < 4.78 is 0. The van der Waals surface area contributed by atoms with Crippen LogP contribution in [-0.2, 0) is 0 Å². The van der Waals surface area contributed by atoms with E-state index in [2.05, 4.69) is 22.4 Å². The van der Waals surface area contributed by atoms with E-state index in [1.54, 1.807) is 0 Å². The first kappa shape index (κ1) is 13.7. The van der Waals surface area contributed by atoms with Gasteiger partial charge in [0.15, 0.2) is 5.84 Å². The molecule has 0 heterocycles. The number of hydrogen-bond donors (Lipinski definition) is 3. The van der Waals surface area contributed by atoms with E-state index < -0.39 is 0 Å². The van der Waals surface area contributed by atoms with Crippen molar-refractivity contribution in [2.75, 3.05) is 0 Å². The van der Waals surface area contributed by atoms with E-state index in [0.717, 1.165) is 22.3 Å². The molecule has 0 radical (unpaired) electrons. The Kier molecular flexibility index (Phi) is 4.38. The smallest absolute Gasteiger partial charge is 0.166 e. The quantitative estimate of drug-likeness (QED) is 0.240. The van der Waals surface area contributed by atoms with Gasteiger partial charge in [0.05, 0.1) is 0 Å². The number of hydrogen-bond acceptors (Lipinski definition) is 3. The normalized spacial score (nSPS) is 10.6. The van der Waals surface area contributed by atoms with E-state index in [0.29, 0.717) is 5.84 Å². The molecule has 0 saturated heterocycles. The molecule has 0 aromatic heterocycles. The number of nitrogens with one attached hydrogen (secondary N) is 1. The molecule has 2 rings (SSSR count). The maximum absolute atomic E-state index is 5.35. The molecule has 0 aliphatic rings. The first-order valence-corrected chi connectivity index (χ1v) is 6.17. The Hall–Kier alpha value is -2.77. The molecule has 0 amide bonds. The highest BCUT2D eigenvalue weighted by Crippen LogP contribution is 2.07. The molecule has 0 saturated carbocycles. The maximum atomic E-state index is 5.35. The van der Waals surface area contributed by atoms with E-state index in [1.165, 1.54) is 0 Å². The number of nitrogens with zero attached hydrogens (tertiary/aromatic N) is 1. The molecule has 20 heavy (non-hydrogen) atoms. The molecule has 5 N–H and O–H groups in total. The molecule has 2 aromatic rings. The Labute approximate surface area is 118 Å². The average molecular weight is 264 g/mol. The Morgan fingerprint density at radius 2 is 1.90 bits per heavy atom. The molecule has 2 aromatic carbocycles. The summed E-state index contributed by atoms with van der Waals surface area (Å²) in [7, 11) is 0. The largest absolute Gasteiger partial charge is 0.321 e. The Balaban J connectivity index is 2.32. The predicted molar refractivity (Wildman–Crippen MR) is 81.6 cm³/mol. The fourth-order valence-electron chi connectivity index (χ4n) is 1.79. The van der Waals surface area contributed by atoms with Gasteiger partial charge in [-0.3, -0.25) is 0 Å². The lowest BCUT2D eigenvalue weighted by molar-refractivity contribution is 1.00. The number of rotatable bonds is 1. The van der Waals surface area contributed by atoms with Crippen LogP contribution in [0, 0.1) is 18.8 Å². The van der Waals surface area contributed by atoms with Crippen LogP contribution in [0.3, 0.4) is 0 Å². The van der Waals surface area contributed by atoms with Crippen LogP contribution in [0.5, 0.6) is 0 Å².